The second kappa shape index (κ2) is 2.49. The number of ether oxygens (including phenoxy) is 1. The van der Waals surface area contributed by atoms with Gasteiger partial charge in [0.2, 0.25) is 0 Å². The average Bonchev–Trinajstić information content (AvgIpc) is 2.53. The summed E-state index contributed by atoms with van der Waals surface area (Å²) in [6, 6.07) is 0. The van der Waals surface area contributed by atoms with Crippen molar-refractivity contribution in [2.24, 2.45) is 22.2 Å². The maximum atomic E-state index is 12.2. The summed E-state index contributed by atoms with van der Waals surface area (Å²) in [4.78, 5) is 23.7. The van der Waals surface area contributed by atoms with E-state index < -0.39 is 0 Å². The summed E-state index contributed by atoms with van der Waals surface area (Å²) in [5.41, 5.74) is 0.211. The molecule has 18 heavy (non-hydrogen) atoms. The van der Waals surface area contributed by atoms with E-state index in [0.717, 1.165) is 12.8 Å². The van der Waals surface area contributed by atoms with Crippen molar-refractivity contribution in [2.45, 2.75) is 32.8 Å². The van der Waals surface area contributed by atoms with Gasteiger partial charge in [-0.2, -0.15) is 0 Å². The smallest absolute Gasteiger partial charge is 0.334 e. The van der Waals surface area contributed by atoms with Gasteiger partial charge in [0, 0.05) is 22.3 Å². The second-order valence-corrected chi connectivity index (χ2v) is 6.61. The molecule has 0 radical (unpaired) electrons. The van der Waals surface area contributed by atoms with Crippen LogP contribution in [0.1, 0.15) is 26.7 Å². The SMILES string of the molecule is C=C1C(=O)O[C@@H]2C[C@@]3(C)[C@@]4(C=CC(=O)[C@]34C)C[C@H]12. The molecule has 0 aromatic heterocycles. The van der Waals surface area contributed by atoms with Gasteiger partial charge in [0.25, 0.3) is 0 Å². The molecule has 1 spiro atoms. The van der Waals surface area contributed by atoms with Crippen molar-refractivity contribution < 1.29 is 14.3 Å². The highest BCUT2D eigenvalue weighted by molar-refractivity contribution is 6.04. The topological polar surface area (TPSA) is 43.4 Å². The van der Waals surface area contributed by atoms with E-state index in [1.165, 1.54) is 0 Å². The Hall–Kier alpha value is -1.38. The number of ketones is 1. The molecule has 1 saturated heterocycles. The maximum Gasteiger partial charge on any atom is 0.334 e. The molecule has 1 aliphatic heterocycles. The van der Waals surface area contributed by atoms with Gasteiger partial charge in [-0.05, 0) is 24.3 Å². The fourth-order valence-corrected chi connectivity index (χ4v) is 5.09. The van der Waals surface area contributed by atoms with E-state index in [4.69, 9.17) is 4.74 Å². The Labute approximate surface area is 106 Å². The zero-order valence-corrected chi connectivity index (χ0v) is 10.7. The normalized spacial score (nSPS) is 56.0. The minimum Gasteiger partial charge on any atom is -0.458 e. The first-order valence-corrected chi connectivity index (χ1v) is 6.51. The number of rotatable bonds is 0. The Balaban J connectivity index is 1.81. The lowest BCUT2D eigenvalue weighted by atomic mass is 9.72. The van der Waals surface area contributed by atoms with Gasteiger partial charge < -0.3 is 4.74 Å². The van der Waals surface area contributed by atoms with Crippen LogP contribution in [0, 0.1) is 22.2 Å². The quantitative estimate of drug-likeness (QED) is 0.483. The molecule has 1 heterocycles. The number of fused-ring (bicyclic) bond motifs is 2. The third kappa shape index (κ3) is 0.714. The second-order valence-electron chi connectivity index (χ2n) is 6.61. The lowest BCUT2D eigenvalue weighted by Crippen LogP contribution is -2.31. The first-order chi connectivity index (χ1) is 8.37. The minimum atomic E-state index is -0.281. The first-order valence-electron chi connectivity index (χ1n) is 6.51. The van der Waals surface area contributed by atoms with Crippen LogP contribution in [0.5, 0.6) is 0 Å². The van der Waals surface area contributed by atoms with Crippen molar-refractivity contribution in [3.8, 4) is 0 Å². The molecule has 5 atom stereocenters. The molecule has 3 fully saturated rings. The van der Waals surface area contributed by atoms with E-state index >= 15 is 0 Å². The number of hydrogen-bond donors (Lipinski definition) is 0. The van der Waals surface area contributed by atoms with Crippen LogP contribution in [0.25, 0.3) is 0 Å². The Morgan fingerprint density at radius 3 is 2.78 bits per heavy atom. The van der Waals surface area contributed by atoms with Crippen molar-refractivity contribution in [1.82, 2.24) is 0 Å². The van der Waals surface area contributed by atoms with Crippen LogP contribution in [0.3, 0.4) is 0 Å². The Bertz CT molecular complexity index is 560. The molecule has 3 heteroatoms. The fourth-order valence-electron chi connectivity index (χ4n) is 5.09. The van der Waals surface area contributed by atoms with Crippen LogP contribution in [0.4, 0.5) is 0 Å². The Morgan fingerprint density at radius 1 is 1.33 bits per heavy atom. The molecule has 0 aromatic carbocycles. The standard InChI is InChI=1S/C15H16O3/c1-8-9-6-15-5-4-11(16)14(15,3)13(15,2)7-10(9)18-12(8)17/h4-5,9-10H,1,6-7H2,2-3H3/t9-,10-,13-,14-,15-/m1/s1. The Kier molecular flexibility index (Phi) is 1.46. The predicted molar refractivity (Wildman–Crippen MR) is 64.5 cm³/mol. The summed E-state index contributed by atoms with van der Waals surface area (Å²) in [7, 11) is 0. The molecular formula is C15H16O3. The monoisotopic (exact) mass is 244 g/mol. The van der Waals surface area contributed by atoms with Crippen LogP contribution in [0.15, 0.2) is 24.3 Å². The molecule has 4 aliphatic rings. The third-order valence-corrected chi connectivity index (χ3v) is 6.50. The van der Waals surface area contributed by atoms with E-state index in [1.807, 2.05) is 0 Å². The summed E-state index contributed by atoms with van der Waals surface area (Å²) in [6.45, 7) is 8.10. The Morgan fingerprint density at radius 2 is 2.06 bits per heavy atom. The lowest BCUT2D eigenvalue weighted by Gasteiger charge is -2.32. The lowest BCUT2D eigenvalue weighted by molar-refractivity contribution is -0.140. The van der Waals surface area contributed by atoms with Crippen molar-refractivity contribution in [3.05, 3.63) is 24.3 Å². The van der Waals surface area contributed by atoms with Crippen molar-refractivity contribution >= 4 is 11.8 Å². The van der Waals surface area contributed by atoms with Gasteiger partial charge in [-0.25, -0.2) is 4.79 Å². The average molecular weight is 244 g/mol. The molecule has 3 aliphatic carbocycles. The number of carbonyl (C=O) groups excluding carboxylic acids is 2. The number of esters is 1. The summed E-state index contributed by atoms with van der Waals surface area (Å²) in [5.74, 6) is 0.0890. The zero-order valence-electron chi connectivity index (χ0n) is 10.7. The first kappa shape index (κ1) is 10.5. The highest BCUT2D eigenvalue weighted by atomic mass is 16.6. The van der Waals surface area contributed by atoms with E-state index in [9.17, 15) is 9.59 Å². The third-order valence-electron chi connectivity index (χ3n) is 6.50. The molecule has 0 unspecified atom stereocenters. The molecule has 0 aromatic rings. The van der Waals surface area contributed by atoms with Crippen LogP contribution < -0.4 is 0 Å². The van der Waals surface area contributed by atoms with E-state index in [-0.39, 0.29) is 40.0 Å². The number of allylic oxidation sites excluding steroid dienone is 2. The summed E-state index contributed by atoms with van der Waals surface area (Å²) in [5, 5.41) is 0. The molecule has 0 N–H and O–H groups in total. The highest BCUT2D eigenvalue weighted by Crippen LogP contribution is 2.87. The van der Waals surface area contributed by atoms with Crippen molar-refractivity contribution in [3.63, 3.8) is 0 Å². The molecule has 0 amide bonds. The van der Waals surface area contributed by atoms with Gasteiger partial charge in [0.05, 0.1) is 0 Å². The van der Waals surface area contributed by atoms with Gasteiger partial charge in [-0.3, -0.25) is 4.79 Å². The van der Waals surface area contributed by atoms with Crippen LogP contribution in [-0.2, 0) is 14.3 Å². The van der Waals surface area contributed by atoms with Crippen LogP contribution in [-0.4, -0.2) is 17.9 Å². The van der Waals surface area contributed by atoms with E-state index in [0.29, 0.717) is 5.57 Å². The number of hydrogen-bond acceptors (Lipinski definition) is 3. The predicted octanol–water partition coefficient (Wildman–Crippen LogP) is 2.03. The molecule has 4 rings (SSSR count). The fraction of sp³-hybridized carbons (Fsp3) is 0.600. The molecule has 2 saturated carbocycles. The largest absolute Gasteiger partial charge is 0.458 e. The van der Waals surface area contributed by atoms with Gasteiger partial charge in [0.1, 0.15) is 6.10 Å². The van der Waals surface area contributed by atoms with Crippen molar-refractivity contribution in [2.75, 3.05) is 0 Å². The van der Waals surface area contributed by atoms with Crippen LogP contribution in [0.2, 0.25) is 0 Å². The summed E-state index contributed by atoms with van der Waals surface area (Å²) < 4.78 is 5.41. The molecule has 0 bridgehead atoms. The maximum absolute atomic E-state index is 12.2. The molecule has 3 nitrogen and oxygen atoms in total. The van der Waals surface area contributed by atoms with E-state index in [2.05, 4.69) is 26.5 Å². The van der Waals surface area contributed by atoms with Gasteiger partial charge in [-0.1, -0.05) is 26.5 Å². The van der Waals surface area contributed by atoms with Crippen molar-refractivity contribution in [1.29, 1.82) is 0 Å². The minimum absolute atomic E-state index is 0.0437. The molecule has 94 valence electrons. The summed E-state index contributed by atoms with van der Waals surface area (Å²) >= 11 is 0. The number of carbonyl (C=O) groups is 2. The van der Waals surface area contributed by atoms with Gasteiger partial charge in [0.15, 0.2) is 5.78 Å². The highest BCUT2D eigenvalue weighted by Gasteiger charge is 2.87. The zero-order chi connectivity index (χ0) is 12.9. The van der Waals surface area contributed by atoms with E-state index in [1.54, 1.807) is 6.08 Å². The van der Waals surface area contributed by atoms with Crippen LogP contribution >= 0.6 is 0 Å². The molecular weight excluding hydrogens is 228 g/mol. The summed E-state index contributed by atoms with van der Waals surface area (Å²) in [6.07, 6.45) is 5.36. The van der Waals surface area contributed by atoms with Gasteiger partial charge >= 0.3 is 5.97 Å². The van der Waals surface area contributed by atoms with Gasteiger partial charge in [-0.15, -0.1) is 0 Å².